The predicted octanol–water partition coefficient (Wildman–Crippen LogP) is 11.1. The normalized spacial score (nSPS) is 27.7. The molecule has 12 N–H and O–H groups in total. The van der Waals surface area contributed by atoms with Crippen molar-refractivity contribution in [1.82, 2.24) is 5.32 Å². The molecule has 0 aromatic heterocycles. The molecule has 17 atom stereocenters. The lowest BCUT2D eigenvalue weighted by atomic mass is 9.96. The number of unbranched alkanes of at least 4 members (excludes halogenated alkanes) is 27. The summed E-state index contributed by atoms with van der Waals surface area (Å²) in [6.07, 6.45) is 47.2. The van der Waals surface area contributed by atoms with E-state index < -0.39 is 124 Å². The Morgan fingerprint density at radius 1 is 0.389 bits per heavy atom. The molecule has 0 spiro atoms. The van der Waals surface area contributed by atoms with E-state index in [-0.39, 0.29) is 18.9 Å². The summed E-state index contributed by atoms with van der Waals surface area (Å²) in [6, 6.07) is -0.887. The molecule has 19 nitrogen and oxygen atoms in total. The highest BCUT2D eigenvalue weighted by molar-refractivity contribution is 5.76. The molecule has 550 valence electrons. The third-order valence-electron chi connectivity index (χ3n) is 18.2. The minimum absolute atomic E-state index is 0.245. The Labute approximate surface area is 571 Å². The number of aliphatic hydroxyl groups is 11. The van der Waals surface area contributed by atoms with Gasteiger partial charge in [-0.25, -0.2) is 0 Å². The maximum atomic E-state index is 13.4. The topological polar surface area (TPSA) is 307 Å². The summed E-state index contributed by atoms with van der Waals surface area (Å²) in [7, 11) is 0. The molecule has 3 saturated heterocycles. The van der Waals surface area contributed by atoms with Crippen molar-refractivity contribution < 1.29 is 89.4 Å². The van der Waals surface area contributed by atoms with Crippen LogP contribution in [0.25, 0.3) is 0 Å². The number of amides is 1. The van der Waals surface area contributed by atoms with Gasteiger partial charge in [0.25, 0.3) is 0 Å². The van der Waals surface area contributed by atoms with Crippen LogP contribution >= 0.6 is 0 Å². The summed E-state index contributed by atoms with van der Waals surface area (Å²) in [5.41, 5.74) is 0. The fraction of sp³-hybridized carbons (Fsp3) is 0.803. The number of carbonyl (C=O) groups excluding carboxylic acids is 1. The van der Waals surface area contributed by atoms with Gasteiger partial charge in [-0.15, -0.1) is 0 Å². The highest BCUT2D eigenvalue weighted by Gasteiger charge is 2.53. The second-order valence-corrected chi connectivity index (χ2v) is 26.4. The molecule has 0 saturated carbocycles. The summed E-state index contributed by atoms with van der Waals surface area (Å²) in [5.74, 6) is -0.245. The van der Waals surface area contributed by atoms with Crippen LogP contribution in [-0.4, -0.2) is 193 Å². The molecular formula is C76H133NO18. The molecule has 3 aliphatic heterocycles. The van der Waals surface area contributed by atoms with Crippen molar-refractivity contribution in [2.45, 2.75) is 362 Å². The van der Waals surface area contributed by atoms with Crippen LogP contribution in [0, 0.1) is 0 Å². The Hall–Kier alpha value is -3.03. The average Bonchev–Trinajstić information content (AvgIpc) is 0.797. The smallest absolute Gasteiger partial charge is 0.220 e. The molecule has 3 fully saturated rings. The quantitative estimate of drug-likeness (QED) is 0.0199. The fourth-order valence-corrected chi connectivity index (χ4v) is 12.2. The molecule has 0 radical (unpaired) electrons. The molecule has 3 aliphatic rings. The van der Waals surface area contributed by atoms with E-state index in [1.807, 2.05) is 0 Å². The molecule has 0 aliphatic carbocycles. The lowest BCUT2D eigenvalue weighted by Crippen LogP contribution is -2.66. The maximum Gasteiger partial charge on any atom is 0.220 e. The van der Waals surface area contributed by atoms with Crippen molar-refractivity contribution in [3.05, 3.63) is 85.1 Å². The second-order valence-electron chi connectivity index (χ2n) is 26.4. The number of hydrogen-bond donors (Lipinski definition) is 12. The van der Waals surface area contributed by atoms with E-state index in [0.29, 0.717) is 12.8 Å². The molecule has 3 rings (SSSR count). The average molecular weight is 1350 g/mol. The van der Waals surface area contributed by atoms with E-state index >= 15 is 0 Å². The standard InChI is InChI=1S/C76H133NO18/c1-3-5-7-9-11-13-14-15-16-17-18-19-20-21-22-23-24-25-26-27-28-29-30-31-32-33-34-35-36-37-38-39-40-41-42-43-44-46-48-50-52-54-64(82)77-59(60(81)53-51-49-47-45-12-10-8-6-4-2)58-90-74-70(88)67(85)72(62(56-79)92-74)95-76-71(89)68(86)73(63(57-80)93-76)94-75-69(87)66(84)65(83)61(55-78)91-75/h5,7,11,13,15-16,18-19,21-22,24-25,27-28,59-63,65-76,78-81,83-89H,3-4,6,8-10,12,14,17,20,23,26,29-58H2,1-2H3,(H,77,82)/b7-5-,13-11-,16-15-,19-18-,22-21-,25-24-,28-27-. The highest BCUT2D eigenvalue weighted by atomic mass is 16.8. The van der Waals surface area contributed by atoms with Gasteiger partial charge in [0.15, 0.2) is 18.9 Å². The number of rotatable bonds is 57. The third kappa shape index (κ3) is 37.8. The number of allylic oxidation sites excluding steroid dienone is 14. The minimum atomic E-state index is -1.97. The van der Waals surface area contributed by atoms with E-state index in [1.54, 1.807) is 0 Å². The van der Waals surface area contributed by atoms with Gasteiger partial charge in [0.2, 0.25) is 5.91 Å². The maximum absolute atomic E-state index is 13.4. The first-order chi connectivity index (χ1) is 46.3. The zero-order valence-electron chi connectivity index (χ0n) is 58.4. The van der Waals surface area contributed by atoms with Gasteiger partial charge < -0.3 is 89.9 Å². The van der Waals surface area contributed by atoms with E-state index in [1.165, 1.54) is 135 Å². The van der Waals surface area contributed by atoms with Crippen LogP contribution in [0.5, 0.6) is 0 Å². The molecule has 19 heteroatoms. The SMILES string of the molecule is CC/C=C\C/C=C\C/C=C\C/C=C\C/C=C\C/C=C\C/C=C\CCCCCCCCCCCCCCCCCCCCCC(=O)NC(COC1OC(CO)C(OC2OC(CO)C(OC3OC(CO)C(O)C(O)C3O)C(O)C2O)C(O)C1O)C(O)CCCCCCCCCCC. The van der Waals surface area contributed by atoms with Crippen LogP contribution in [0.4, 0.5) is 0 Å². The minimum Gasteiger partial charge on any atom is -0.394 e. The third-order valence-corrected chi connectivity index (χ3v) is 18.2. The summed E-state index contributed by atoms with van der Waals surface area (Å²) < 4.78 is 34.3. The fourth-order valence-electron chi connectivity index (χ4n) is 12.2. The molecule has 95 heavy (non-hydrogen) atoms. The predicted molar refractivity (Wildman–Crippen MR) is 374 cm³/mol. The largest absolute Gasteiger partial charge is 0.394 e. The number of aliphatic hydroxyl groups excluding tert-OH is 11. The summed E-state index contributed by atoms with van der Waals surface area (Å²) in [5, 5.41) is 120. The van der Waals surface area contributed by atoms with Crippen molar-refractivity contribution in [1.29, 1.82) is 0 Å². The van der Waals surface area contributed by atoms with Crippen LogP contribution < -0.4 is 5.32 Å². The Morgan fingerprint density at radius 3 is 1.14 bits per heavy atom. The lowest BCUT2D eigenvalue weighted by Gasteiger charge is -2.48. The van der Waals surface area contributed by atoms with Crippen molar-refractivity contribution in [2.24, 2.45) is 0 Å². The summed E-state index contributed by atoms with van der Waals surface area (Å²) in [6.45, 7) is 1.65. The lowest BCUT2D eigenvalue weighted by molar-refractivity contribution is -0.379. The van der Waals surface area contributed by atoms with Gasteiger partial charge in [-0.1, -0.05) is 266 Å². The Morgan fingerprint density at radius 2 is 0.726 bits per heavy atom. The zero-order valence-corrected chi connectivity index (χ0v) is 58.4. The van der Waals surface area contributed by atoms with Crippen LogP contribution in [0.15, 0.2) is 85.1 Å². The Bertz CT molecular complexity index is 2050. The molecular weight excluding hydrogens is 1210 g/mol. The van der Waals surface area contributed by atoms with Gasteiger partial charge in [0, 0.05) is 6.42 Å². The zero-order chi connectivity index (χ0) is 68.9. The molecule has 0 bridgehead atoms. The van der Waals surface area contributed by atoms with Gasteiger partial charge >= 0.3 is 0 Å². The van der Waals surface area contributed by atoms with E-state index in [4.69, 9.17) is 28.4 Å². The molecule has 1 amide bonds. The van der Waals surface area contributed by atoms with Crippen molar-refractivity contribution >= 4 is 5.91 Å². The summed E-state index contributed by atoms with van der Waals surface area (Å²) >= 11 is 0. The number of hydrogen-bond acceptors (Lipinski definition) is 18. The van der Waals surface area contributed by atoms with E-state index in [2.05, 4.69) is 104 Å². The number of ether oxygens (including phenoxy) is 6. The van der Waals surface area contributed by atoms with Crippen molar-refractivity contribution in [3.63, 3.8) is 0 Å². The van der Waals surface area contributed by atoms with Crippen LogP contribution in [-0.2, 0) is 33.2 Å². The molecule has 0 aromatic rings. The van der Waals surface area contributed by atoms with Crippen LogP contribution in [0.1, 0.15) is 258 Å². The number of carbonyl (C=O) groups is 1. The van der Waals surface area contributed by atoms with Crippen molar-refractivity contribution in [3.8, 4) is 0 Å². The molecule has 17 unspecified atom stereocenters. The molecule has 3 heterocycles. The first kappa shape index (κ1) is 86.2. The van der Waals surface area contributed by atoms with Gasteiger partial charge in [-0.3, -0.25) is 4.79 Å². The van der Waals surface area contributed by atoms with Crippen LogP contribution in [0.2, 0.25) is 0 Å². The van der Waals surface area contributed by atoms with E-state index in [0.717, 1.165) is 89.9 Å². The van der Waals surface area contributed by atoms with Gasteiger partial charge in [-0.2, -0.15) is 0 Å². The monoisotopic (exact) mass is 1350 g/mol. The van der Waals surface area contributed by atoms with Crippen LogP contribution in [0.3, 0.4) is 0 Å². The Kier molecular flexibility index (Phi) is 51.4. The first-order valence-corrected chi connectivity index (χ1v) is 37.3. The number of nitrogens with one attached hydrogen (secondary N) is 1. The van der Waals surface area contributed by atoms with E-state index in [9.17, 15) is 61.0 Å². The van der Waals surface area contributed by atoms with Gasteiger partial charge in [0.05, 0.1) is 38.6 Å². The van der Waals surface area contributed by atoms with Gasteiger partial charge in [0.1, 0.15) is 73.2 Å². The molecule has 0 aromatic carbocycles. The van der Waals surface area contributed by atoms with Crippen molar-refractivity contribution in [2.75, 3.05) is 26.4 Å². The second kappa shape index (κ2) is 56.7. The highest BCUT2D eigenvalue weighted by Crippen LogP contribution is 2.33. The Balaban J connectivity index is 1.25. The van der Waals surface area contributed by atoms with Gasteiger partial charge in [-0.05, 0) is 70.6 Å². The first-order valence-electron chi connectivity index (χ1n) is 37.3. The summed E-state index contributed by atoms with van der Waals surface area (Å²) in [4.78, 5) is 13.4.